The number of aromatic nitrogens is 4. The van der Waals surface area contributed by atoms with Crippen molar-refractivity contribution in [1.82, 2.24) is 24.6 Å². The molecular formula is C27H30F6N6O2. The van der Waals surface area contributed by atoms with Crippen LogP contribution in [0.25, 0.3) is 11.1 Å². The molecule has 222 valence electrons. The molecule has 3 aromatic rings. The van der Waals surface area contributed by atoms with Gasteiger partial charge in [-0.1, -0.05) is 6.92 Å². The largest absolute Gasteiger partial charge is 0.447 e. The lowest BCUT2D eigenvalue weighted by Crippen LogP contribution is -2.41. The molecule has 2 aromatic heterocycles. The second-order valence-electron chi connectivity index (χ2n) is 10.3. The Kier molecular flexibility index (Phi) is 8.50. The predicted octanol–water partition coefficient (Wildman–Crippen LogP) is 6.32. The second kappa shape index (κ2) is 11.6. The van der Waals surface area contributed by atoms with Gasteiger partial charge in [-0.05, 0) is 50.5 Å². The van der Waals surface area contributed by atoms with Crippen molar-refractivity contribution in [1.29, 1.82) is 0 Å². The van der Waals surface area contributed by atoms with Crippen LogP contribution in [-0.2, 0) is 30.7 Å². The Bertz CT molecular complexity index is 1320. The lowest BCUT2D eigenvalue weighted by atomic mass is 10.0. The molecule has 1 fully saturated rings. The fourth-order valence-electron chi connectivity index (χ4n) is 4.86. The van der Waals surface area contributed by atoms with Crippen LogP contribution in [0.4, 0.5) is 37.1 Å². The number of aryl methyl sites for hydroxylation is 1. The van der Waals surface area contributed by atoms with Gasteiger partial charge >= 0.3 is 18.4 Å². The Labute approximate surface area is 232 Å². The molecule has 3 heterocycles. The Morgan fingerprint density at radius 1 is 1.02 bits per heavy atom. The SMILES string of the molecule is CC[C@@H]1C[C@H](N(Cc2cc(C(F)(F)F)cc(C(F)(F)F)c2)c2ncc(-c3cnn(C)c3)cn2)CN1C(=O)OC(C)C. The number of halogens is 6. The molecule has 14 heteroatoms. The number of amides is 1. The summed E-state index contributed by atoms with van der Waals surface area (Å²) < 4.78 is 88.4. The first-order valence-corrected chi connectivity index (χ1v) is 13.0. The number of rotatable bonds is 7. The monoisotopic (exact) mass is 584 g/mol. The van der Waals surface area contributed by atoms with E-state index >= 15 is 0 Å². The van der Waals surface area contributed by atoms with Crippen LogP contribution in [0.1, 0.15) is 50.3 Å². The first kappa shape index (κ1) is 30.1. The zero-order chi connectivity index (χ0) is 30.1. The third-order valence-corrected chi connectivity index (χ3v) is 6.81. The third kappa shape index (κ3) is 7.09. The Morgan fingerprint density at radius 2 is 1.63 bits per heavy atom. The Hall–Kier alpha value is -3.84. The molecular weight excluding hydrogens is 554 g/mol. The number of ether oxygens (including phenoxy) is 1. The minimum absolute atomic E-state index is 0.0966. The summed E-state index contributed by atoms with van der Waals surface area (Å²) in [4.78, 5) is 24.7. The maximum absolute atomic E-state index is 13.6. The van der Waals surface area contributed by atoms with Gasteiger partial charge in [-0.25, -0.2) is 14.8 Å². The predicted molar refractivity (Wildman–Crippen MR) is 138 cm³/mol. The number of nitrogens with zero attached hydrogens (tertiary/aromatic N) is 6. The van der Waals surface area contributed by atoms with E-state index in [2.05, 4.69) is 15.1 Å². The molecule has 0 saturated carbocycles. The quantitative estimate of drug-likeness (QED) is 0.303. The van der Waals surface area contributed by atoms with Gasteiger partial charge in [0, 0.05) is 55.9 Å². The number of carbonyl (C=O) groups is 1. The lowest BCUT2D eigenvalue weighted by molar-refractivity contribution is -0.143. The highest BCUT2D eigenvalue weighted by atomic mass is 19.4. The van der Waals surface area contributed by atoms with Gasteiger partial charge in [0.1, 0.15) is 0 Å². The maximum atomic E-state index is 13.6. The molecule has 1 aliphatic rings. The van der Waals surface area contributed by atoms with E-state index in [0.717, 1.165) is 5.56 Å². The van der Waals surface area contributed by atoms with Gasteiger partial charge in [0.2, 0.25) is 5.95 Å². The number of likely N-dealkylation sites (tertiary alicyclic amines) is 1. The van der Waals surface area contributed by atoms with Crippen molar-refractivity contribution in [2.45, 2.75) is 70.7 Å². The van der Waals surface area contributed by atoms with E-state index in [4.69, 9.17) is 4.74 Å². The molecule has 1 saturated heterocycles. The van der Waals surface area contributed by atoms with Gasteiger partial charge in [-0.2, -0.15) is 31.4 Å². The Morgan fingerprint density at radius 3 is 2.12 bits per heavy atom. The number of anilines is 1. The summed E-state index contributed by atoms with van der Waals surface area (Å²) in [6, 6.07) is 0.731. The molecule has 1 amide bonds. The van der Waals surface area contributed by atoms with Gasteiger partial charge in [-0.15, -0.1) is 0 Å². The van der Waals surface area contributed by atoms with Gasteiger partial charge in [-0.3, -0.25) is 4.68 Å². The molecule has 0 spiro atoms. The standard InChI is InChI=1S/C27H30F6N6O2/c1-5-22-9-23(15-39(22)25(40)41-16(2)3)38(24-34-10-18(11-35-24)19-12-36-37(4)14-19)13-17-6-20(26(28,29)30)8-21(7-17)27(31,32)33/h6-8,10-12,14,16,22-23H,5,9,13,15H2,1-4H3/t22-,23+/m1/s1. The van der Waals surface area contributed by atoms with E-state index in [1.54, 1.807) is 42.9 Å². The maximum Gasteiger partial charge on any atom is 0.416 e. The van der Waals surface area contributed by atoms with Crippen molar-refractivity contribution in [3.05, 3.63) is 59.7 Å². The van der Waals surface area contributed by atoms with Crippen LogP contribution < -0.4 is 4.90 Å². The van der Waals surface area contributed by atoms with Crippen LogP contribution in [0.15, 0.2) is 43.0 Å². The van der Waals surface area contributed by atoms with E-state index in [1.807, 2.05) is 6.92 Å². The minimum atomic E-state index is -4.99. The van der Waals surface area contributed by atoms with E-state index in [0.29, 0.717) is 30.5 Å². The van der Waals surface area contributed by atoms with Crippen LogP contribution in [-0.4, -0.2) is 55.5 Å². The highest BCUT2D eigenvalue weighted by Gasteiger charge is 2.40. The van der Waals surface area contributed by atoms with Gasteiger partial charge in [0.05, 0.1) is 29.5 Å². The smallest absolute Gasteiger partial charge is 0.416 e. The van der Waals surface area contributed by atoms with E-state index < -0.39 is 35.6 Å². The molecule has 8 nitrogen and oxygen atoms in total. The van der Waals surface area contributed by atoms with Crippen LogP contribution in [0.2, 0.25) is 0 Å². The zero-order valence-electron chi connectivity index (χ0n) is 22.9. The average Bonchev–Trinajstić information content (AvgIpc) is 3.52. The summed E-state index contributed by atoms with van der Waals surface area (Å²) in [7, 11) is 1.74. The summed E-state index contributed by atoms with van der Waals surface area (Å²) in [5.41, 5.74) is -1.68. The molecule has 0 aliphatic carbocycles. The number of hydrogen-bond acceptors (Lipinski definition) is 6. The van der Waals surface area contributed by atoms with E-state index in [1.165, 1.54) is 17.3 Å². The second-order valence-corrected chi connectivity index (χ2v) is 10.3. The molecule has 4 rings (SSSR count). The molecule has 1 aliphatic heterocycles. The third-order valence-electron chi connectivity index (χ3n) is 6.81. The first-order valence-electron chi connectivity index (χ1n) is 13.0. The number of alkyl halides is 6. The first-order chi connectivity index (χ1) is 19.2. The number of benzene rings is 1. The summed E-state index contributed by atoms with van der Waals surface area (Å²) in [5, 5.41) is 4.11. The van der Waals surface area contributed by atoms with Crippen molar-refractivity contribution in [3.63, 3.8) is 0 Å². The van der Waals surface area contributed by atoms with Crippen LogP contribution >= 0.6 is 0 Å². The molecule has 2 atom stereocenters. The van der Waals surface area contributed by atoms with E-state index in [9.17, 15) is 31.1 Å². The van der Waals surface area contributed by atoms with Gasteiger partial charge in [0.25, 0.3) is 0 Å². The summed E-state index contributed by atoms with van der Waals surface area (Å²) >= 11 is 0. The average molecular weight is 585 g/mol. The molecule has 1 aromatic carbocycles. The van der Waals surface area contributed by atoms with Crippen molar-refractivity contribution in [2.75, 3.05) is 11.4 Å². The summed E-state index contributed by atoms with van der Waals surface area (Å²) in [6.07, 6.45) is -3.54. The molecule has 0 unspecified atom stereocenters. The summed E-state index contributed by atoms with van der Waals surface area (Å²) in [5.74, 6) is 0.0996. The highest BCUT2D eigenvalue weighted by Crippen LogP contribution is 2.37. The highest BCUT2D eigenvalue weighted by molar-refractivity contribution is 5.69. The van der Waals surface area contributed by atoms with Crippen molar-refractivity contribution >= 4 is 12.0 Å². The van der Waals surface area contributed by atoms with Crippen molar-refractivity contribution in [2.24, 2.45) is 7.05 Å². The van der Waals surface area contributed by atoms with Crippen molar-refractivity contribution < 1.29 is 35.9 Å². The van der Waals surface area contributed by atoms with E-state index in [-0.39, 0.29) is 42.8 Å². The number of carbonyl (C=O) groups excluding carboxylic acids is 1. The Balaban J connectivity index is 1.74. The van der Waals surface area contributed by atoms with Crippen LogP contribution in [0.3, 0.4) is 0 Å². The van der Waals surface area contributed by atoms with Crippen molar-refractivity contribution in [3.8, 4) is 11.1 Å². The van der Waals surface area contributed by atoms with Crippen LogP contribution in [0.5, 0.6) is 0 Å². The molecule has 0 bridgehead atoms. The molecule has 0 N–H and O–H groups in total. The summed E-state index contributed by atoms with van der Waals surface area (Å²) in [6.45, 7) is 5.08. The topological polar surface area (TPSA) is 76.4 Å². The molecule has 41 heavy (non-hydrogen) atoms. The zero-order valence-corrected chi connectivity index (χ0v) is 22.9. The number of hydrogen-bond donors (Lipinski definition) is 0. The van der Waals surface area contributed by atoms with Gasteiger partial charge < -0.3 is 14.5 Å². The fraction of sp³-hybridized carbons (Fsp3) is 0.481. The molecule has 0 radical (unpaired) electrons. The van der Waals surface area contributed by atoms with Crippen LogP contribution in [0, 0.1) is 0 Å². The lowest BCUT2D eigenvalue weighted by Gasteiger charge is -2.30. The normalized spacial score (nSPS) is 17.8. The fourth-order valence-corrected chi connectivity index (χ4v) is 4.86. The van der Waals surface area contributed by atoms with Gasteiger partial charge in [0.15, 0.2) is 0 Å². The minimum Gasteiger partial charge on any atom is -0.447 e.